The van der Waals surface area contributed by atoms with Gasteiger partial charge in [0.25, 0.3) is 0 Å². The largest absolute Gasteiger partial charge is 4.00 e. The molecular weight excluding hydrogens is 528 g/mol. The average Bonchev–Trinajstić information content (AvgIpc) is 2.49. The minimum absolute atomic E-state index is 0. The van der Waals surface area contributed by atoms with Gasteiger partial charge in [0.1, 0.15) is 0 Å². The van der Waals surface area contributed by atoms with Gasteiger partial charge in [-0.1, -0.05) is 95.3 Å². The van der Waals surface area contributed by atoms with E-state index in [1.54, 1.807) is 0 Å². The minimum Gasteiger partial charge on any atom is -1.00 e. The molecule has 2 aromatic rings. The number of hydrogen-bond acceptors (Lipinski definition) is 0. The van der Waals surface area contributed by atoms with Crippen LogP contribution in [-0.4, -0.2) is 11.3 Å². The second-order valence-corrected chi connectivity index (χ2v) is 10.3. The molecule has 0 saturated heterocycles. The fraction of sp³-hybridized carbons (Fsp3) is 0.364. The molecule has 154 valence electrons. The van der Waals surface area contributed by atoms with Crippen LogP contribution in [0, 0.1) is 13.8 Å². The van der Waals surface area contributed by atoms with Gasteiger partial charge in [-0.3, -0.25) is 0 Å². The van der Waals surface area contributed by atoms with Crippen LogP contribution < -0.4 is 49.6 Å². The molecular formula is C22H29Cl4PZr. The number of halogens is 4. The standard InChI is InChI=1S/C22H29P.4ClH.Zr/c1-16(2)23(17(3)4)22(21-13-9-19(6)10-14-21)15-20-11-7-18(5)8-12-20;;;;;/h7-17H,1-6H3;4*1H;/q;;;;;+4/p-4. The maximum absolute atomic E-state index is 2.41. The molecule has 0 bridgehead atoms. The summed E-state index contributed by atoms with van der Waals surface area (Å²) in [5.41, 5.74) is 6.69. The molecule has 6 heteroatoms. The average molecular weight is 557 g/mol. The Kier molecular flexibility index (Phi) is 22.3. The summed E-state index contributed by atoms with van der Waals surface area (Å²) < 4.78 is 0. The predicted molar refractivity (Wildman–Crippen MR) is 107 cm³/mol. The Labute approximate surface area is 217 Å². The van der Waals surface area contributed by atoms with E-state index in [2.05, 4.69) is 96.1 Å². The van der Waals surface area contributed by atoms with Crippen molar-refractivity contribution < 1.29 is 75.8 Å². The van der Waals surface area contributed by atoms with Gasteiger partial charge < -0.3 is 49.6 Å². The van der Waals surface area contributed by atoms with Crippen LogP contribution in [0.2, 0.25) is 0 Å². The van der Waals surface area contributed by atoms with Gasteiger partial charge in [-0.05, 0) is 47.7 Å². The van der Waals surface area contributed by atoms with Crippen molar-refractivity contribution in [2.45, 2.75) is 52.9 Å². The van der Waals surface area contributed by atoms with Crippen molar-refractivity contribution in [2.24, 2.45) is 0 Å². The van der Waals surface area contributed by atoms with E-state index < -0.39 is 0 Å². The van der Waals surface area contributed by atoms with Crippen molar-refractivity contribution in [3.05, 3.63) is 70.8 Å². The summed E-state index contributed by atoms with van der Waals surface area (Å²) in [7, 11) is -0.198. The minimum atomic E-state index is -0.198. The van der Waals surface area contributed by atoms with E-state index in [0.29, 0.717) is 11.3 Å². The Morgan fingerprint density at radius 1 is 0.679 bits per heavy atom. The van der Waals surface area contributed by atoms with E-state index in [1.165, 1.54) is 27.6 Å². The number of aryl methyl sites for hydroxylation is 2. The molecule has 0 aliphatic carbocycles. The Bertz CT molecular complexity index is 660. The third kappa shape index (κ3) is 10.6. The first-order valence-corrected chi connectivity index (χ1v) is 10.00. The van der Waals surface area contributed by atoms with Gasteiger partial charge in [-0.25, -0.2) is 0 Å². The number of hydrogen-bond donors (Lipinski definition) is 0. The quantitative estimate of drug-likeness (QED) is 0.256. The smallest absolute Gasteiger partial charge is 1.00 e. The van der Waals surface area contributed by atoms with Crippen LogP contribution in [0.25, 0.3) is 11.4 Å². The third-order valence-electron chi connectivity index (χ3n) is 4.12. The molecule has 0 amide bonds. The maximum Gasteiger partial charge on any atom is 4.00 e. The molecule has 0 radical (unpaired) electrons. The Hall–Kier alpha value is 0.653. The molecule has 0 unspecified atom stereocenters. The molecule has 0 fully saturated rings. The molecule has 2 aromatic carbocycles. The van der Waals surface area contributed by atoms with Gasteiger partial charge in [0.15, 0.2) is 0 Å². The van der Waals surface area contributed by atoms with Gasteiger partial charge in [-0.15, -0.1) is 0 Å². The van der Waals surface area contributed by atoms with Crippen LogP contribution in [0.1, 0.15) is 49.9 Å². The van der Waals surface area contributed by atoms with Crippen molar-refractivity contribution in [3.63, 3.8) is 0 Å². The molecule has 0 saturated carbocycles. The predicted octanol–water partition coefficient (Wildman–Crippen LogP) is -4.89. The fourth-order valence-electron chi connectivity index (χ4n) is 3.00. The normalized spacial score (nSPS) is 10.2. The summed E-state index contributed by atoms with van der Waals surface area (Å²) >= 11 is 0. The van der Waals surface area contributed by atoms with Crippen LogP contribution in [0.4, 0.5) is 0 Å². The third-order valence-corrected chi connectivity index (χ3v) is 7.29. The topological polar surface area (TPSA) is 0 Å². The first-order chi connectivity index (χ1) is 10.9. The van der Waals surface area contributed by atoms with Gasteiger partial charge in [-0.2, -0.15) is 0 Å². The van der Waals surface area contributed by atoms with Crippen molar-refractivity contribution in [3.8, 4) is 0 Å². The monoisotopic (exact) mass is 554 g/mol. The van der Waals surface area contributed by atoms with Crippen LogP contribution >= 0.6 is 7.92 Å². The van der Waals surface area contributed by atoms with Crippen LogP contribution in [-0.2, 0) is 26.2 Å². The zero-order valence-electron chi connectivity index (χ0n) is 17.3. The van der Waals surface area contributed by atoms with Crippen molar-refractivity contribution in [1.82, 2.24) is 0 Å². The van der Waals surface area contributed by atoms with Crippen LogP contribution in [0.15, 0.2) is 48.5 Å². The first kappa shape index (κ1) is 36.1. The van der Waals surface area contributed by atoms with Crippen LogP contribution in [0.3, 0.4) is 0 Å². The zero-order chi connectivity index (χ0) is 17.0. The Morgan fingerprint density at radius 2 is 1.04 bits per heavy atom. The maximum atomic E-state index is 2.41. The summed E-state index contributed by atoms with van der Waals surface area (Å²) in [6, 6.07) is 17.9. The zero-order valence-corrected chi connectivity index (χ0v) is 23.7. The van der Waals surface area contributed by atoms with Gasteiger partial charge in [0.05, 0.1) is 0 Å². The number of benzene rings is 2. The van der Waals surface area contributed by atoms with E-state index in [0.717, 1.165) is 0 Å². The van der Waals surface area contributed by atoms with E-state index in [4.69, 9.17) is 0 Å². The van der Waals surface area contributed by atoms with Gasteiger partial charge >= 0.3 is 26.2 Å². The van der Waals surface area contributed by atoms with Gasteiger partial charge in [0.2, 0.25) is 0 Å². The number of rotatable bonds is 5. The Balaban J connectivity index is -0.000000576. The van der Waals surface area contributed by atoms with Crippen molar-refractivity contribution in [1.29, 1.82) is 0 Å². The van der Waals surface area contributed by atoms with E-state index in [-0.39, 0.29) is 83.8 Å². The van der Waals surface area contributed by atoms with Crippen molar-refractivity contribution in [2.75, 3.05) is 0 Å². The molecule has 28 heavy (non-hydrogen) atoms. The van der Waals surface area contributed by atoms with E-state index in [9.17, 15) is 0 Å². The summed E-state index contributed by atoms with van der Waals surface area (Å²) in [5, 5.41) is 1.52. The van der Waals surface area contributed by atoms with Gasteiger partial charge in [0, 0.05) is 0 Å². The summed E-state index contributed by atoms with van der Waals surface area (Å²) in [6.07, 6.45) is 2.41. The molecule has 0 nitrogen and oxygen atoms in total. The molecule has 0 aliphatic rings. The first-order valence-electron chi connectivity index (χ1n) is 8.52. The molecule has 0 N–H and O–H groups in total. The second kappa shape index (κ2) is 17.3. The summed E-state index contributed by atoms with van der Waals surface area (Å²) in [5.74, 6) is 0. The summed E-state index contributed by atoms with van der Waals surface area (Å²) in [6.45, 7) is 13.8. The van der Waals surface area contributed by atoms with E-state index >= 15 is 0 Å². The second-order valence-electron chi connectivity index (χ2n) is 6.90. The van der Waals surface area contributed by atoms with E-state index in [1.807, 2.05) is 0 Å². The molecule has 0 aliphatic heterocycles. The molecule has 2 rings (SSSR count). The molecule has 0 aromatic heterocycles. The summed E-state index contributed by atoms with van der Waals surface area (Å²) in [4.78, 5) is 0. The Morgan fingerprint density at radius 3 is 1.39 bits per heavy atom. The SMILES string of the molecule is Cc1ccc(C=C(c2ccc(C)cc2)P(C(C)C)C(C)C)cc1.[Cl-].[Cl-].[Cl-].[Cl-].[Zr+4]. The fourth-order valence-corrected chi connectivity index (χ4v) is 6.06. The molecule has 0 spiro atoms. The molecule has 0 atom stereocenters. The molecule has 0 heterocycles. The van der Waals surface area contributed by atoms with Crippen molar-refractivity contribution >= 4 is 19.3 Å². The van der Waals surface area contributed by atoms with Crippen LogP contribution in [0.5, 0.6) is 0 Å².